The molecule has 21 heavy (non-hydrogen) atoms. The van der Waals surface area contributed by atoms with E-state index in [-0.39, 0.29) is 5.56 Å². The molecule has 2 aromatic heterocycles. The molecule has 5 heteroatoms. The number of nitrogens with one attached hydrogen (secondary N) is 1. The Morgan fingerprint density at radius 3 is 2.57 bits per heavy atom. The van der Waals surface area contributed by atoms with Crippen LogP contribution in [0.25, 0.3) is 22.0 Å². The van der Waals surface area contributed by atoms with Gasteiger partial charge in [-0.1, -0.05) is 6.07 Å². The number of hydrogen-bond acceptors (Lipinski definition) is 4. The Bertz CT molecular complexity index is 870. The summed E-state index contributed by atoms with van der Waals surface area (Å²) in [5.41, 5.74) is 2.21. The SMILES string of the molecule is COC(=O)c1cc2cc(-c3ccncc3)ccc2[nH]c1=O. The van der Waals surface area contributed by atoms with Gasteiger partial charge in [-0.2, -0.15) is 0 Å². The van der Waals surface area contributed by atoms with E-state index < -0.39 is 11.5 Å². The van der Waals surface area contributed by atoms with Gasteiger partial charge in [0.15, 0.2) is 0 Å². The summed E-state index contributed by atoms with van der Waals surface area (Å²) < 4.78 is 4.61. The number of aromatic amines is 1. The number of ether oxygens (including phenoxy) is 1. The Kier molecular flexibility index (Phi) is 3.23. The molecule has 0 unspecified atom stereocenters. The van der Waals surface area contributed by atoms with Gasteiger partial charge in [0.05, 0.1) is 7.11 Å². The predicted octanol–water partition coefficient (Wildman–Crippen LogP) is 2.38. The second-order valence-electron chi connectivity index (χ2n) is 4.54. The minimum Gasteiger partial charge on any atom is -0.465 e. The second kappa shape index (κ2) is 5.20. The van der Waals surface area contributed by atoms with Crippen molar-refractivity contribution in [1.82, 2.24) is 9.97 Å². The zero-order chi connectivity index (χ0) is 14.8. The highest BCUT2D eigenvalue weighted by Gasteiger charge is 2.12. The van der Waals surface area contributed by atoms with E-state index in [0.717, 1.165) is 16.5 Å². The molecule has 3 rings (SSSR count). The van der Waals surface area contributed by atoms with E-state index in [0.29, 0.717) is 5.52 Å². The van der Waals surface area contributed by atoms with Gasteiger partial charge in [-0.15, -0.1) is 0 Å². The molecule has 0 saturated carbocycles. The standard InChI is InChI=1S/C16H12N2O3/c1-21-16(20)13-9-12-8-11(10-4-6-17-7-5-10)2-3-14(12)18-15(13)19/h2-9H,1H3,(H,18,19). The number of methoxy groups -OCH3 is 1. The Morgan fingerprint density at radius 1 is 1.10 bits per heavy atom. The van der Waals surface area contributed by atoms with E-state index in [9.17, 15) is 9.59 Å². The Hall–Kier alpha value is -2.95. The highest BCUT2D eigenvalue weighted by Crippen LogP contribution is 2.22. The number of pyridine rings is 2. The molecular formula is C16H12N2O3. The molecule has 0 aliphatic rings. The topological polar surface area (TPSA) is 72.0 Å². The lowest BCUT2D eigenvalue weighted by atomic mass is 10.0. The Labute approximate surface area is 120 Å². The van der Waals surface area contributed by atoms with Crippen LogP contribution in [0.1, 0.15) is 10.4 Å². The highest BCUT2D eigenvalue weighted by atomic mass is 16.5. The highest BCUT2D eigenvalue weighted by molar-refractivity contribution is 5.94. The minimum atomic E-state index is -0.646. The molecule has 1 N–H and O–H groups in total. The van der Waals surface area contributed by atoms with Crippen molar-refractivity contribution in [3.05, 3.63) is 64.7 Å². The molecule has 0 bridgehead atoms. The first-order chi connectivity index (χ1) is 10.2. The van der Waals surface area contributed by atoms with Crippen molar-refractivity contribution in [2.45, 2.75) is 0 Å². The largest absolute Gasteiger partial charge is 0.465 e. The summed E-state index contributed by atoms with van der Waals surface area (Å²) in [6, 6.07) is 11.0. The van der Waals surface area contributed by atoms with Crippen LogP contribution in [-0.2, 0) is 4.74 Å². The van der Waals surface area contributed by atoms with Crippen molar-refractivity contribution in [3.63, 3.8) is 0 Å². The van der Waals surface area contributed by atoms with Gasteiger partial charge in [0.25, 0.3) is 5.56 Å². The van der Waals surface area contributed by atoms with E-state index in [1.165, 1.54) is 7.11 Å². The van der Waals surface area contributed by atoms with Crippen LogP contribution in [0.5, 0.6) is 0 Å². The fourth-order valence-corrected chi connectivity index (χ4v) is 2.19. The van der Waals surface area contributed by atoms with Crippen LogP contribution in [0, 0.1) is 0 Å². The zero-order valence-corrected chi connectivity index (χ0v) is 11.3. The molecule has 0 atom stereocenters. The number of aromatic nitrogens is 2. The summed E-state index contributed by atoms with van der Waals surface area (Å²) in [4.78, 5) is 30.1. The normalized spacial score (nSPS) is 10.5. The van der Waals surface area contributed by atoms with Gasteiger partial charge < -0.3 is 9.72 Å². The summed E-state index contributed by atoms with van der Waals surface area (Å²) in [5, 5.41) is 0.768. The number of H-pyrrole nitrogens is 1. The van der Waals surface area contributed by atoms with Gasteiger partial charge in [0.2, 0.25) is 0 Å². The molecule has 0 spiro atoms. The van der Waals surface area contributed by atoms with Gasteiger partial charge in [-0.25, -0.2) is 4.79 Å². The number of fused-ring (bicyclic) bond motifs is 1. The Balaban J connectivity index is 2.19. The van der Waals surface area contributed by atoms with Crippen LogP contribution >= 0.6 is 0 Å². The van der Waals surface area contributed by atoms with Gasteiger partial charge >= 0.3 is 5.97 Å². The minimum absolute atomic E-state index is 0.00289. The van der Waals surface area contributed by atoms with Crippen LogP contribution in [0.4, 0.5) is 0 Å². The lowest BCUT2D eigenvalue weighted by Crippen LogP contribution is -2.18. The molecule has 0 fully saturated rings. The quantitative estimate of drug-likeness (QED) is 0.731. The summed E-state index contributed by atoms with van der Waals surface area (Å²) in [6.07, 6.45) is 3.43. The third-order valence-electron chi connectivity index (χ3n) is 3.26. The first-order valence-electron chi connectivity index (χ1n) is 6.35. The van der Waals surface area contributed by atoms with Crippen molar-refractivity contribution in [2.24, 2.45) is 0 Å². The van der Waals surface area contributed by atoms with Crippen LogP contribution in [-0.4, -0.2) is 23.0 Å². The van der Waals surface area contributed by atoms with Crippen LogP contribution in [0.15, 0.2) is 53.6 Å². The van der Waals surface area contributed by atoms with E-state index in [2.05, 4.69) is 14.7 Å². The molecule has 5 nitrogen and oxygen atoms in total. The van der Waals surface area contributed by atoms with Crippen molar-refractivity contribution in [1.29, 1.82) is 0 Å². The molecule has 1 aromatic carbocycles. The smallest absolute Gasteiger partial charge is 0.343 e. The Morgan fingerprint density at radius 2 is 1.86 bits per heavy atom. The summed E-state index contributed by atoms with van der Waals surface area (Å²) in [6.45, 7) is 0. The second-order valence-corrected chi connectivity index (χ2v) is 4.54. The summed E-state index contributed by atoms with van der Waals surface area (Å²) in [7, 11) is 1.25. The number of hydrogen-bond donors (Lipinski definition) is 1. The van der Waals surface area contributed by atoms with Gasteiger partial charge in [0.1, 0.15) is 5.56 Å². The van der Waals surface area contributed by atoms with Crippen molar-refractivity contribution in [2.75, 3.05) is 7.11 Å². The van der Waals surface area contributed by atoms with Gasteiger partial charge in [-0.3, -0.25) is 9.78 Å². The van der Waals surface area contributed by atoms with E-state index >= 15 is 0 Å². The monoisotopic (exact) mass is 280 g/mol. The van der Waals surface area contributed by atoms with Crippen molar-refractivity contribution in [3.8, 4) is 11.1 Å². The maximum absolute atomic E-state index is 11.8. The molecule has 104 valence electrons. The molecular weight excluding hydrogens is 268 g/mol. The van der Waals surface area contributed by atoms with Crippen LogP contribution in [0.2, 0.25) is 0 Å². The average Bonchev–Trinajstić information content (AvgIpc) is 2.54. The third-order valence-corrected chi connectivity index (χ3v) is 3.26. The lowest BCUT2D eigenvalue weighted by Gasteiger charge is -2.05. The summed E-state index contributed by atoms with van der Waals surface area (Å²) in [5.74, 6) is -0.646. The lowest BCUT2D eigenvalue weighted by molar-refractivity contribution is 0.0599. The van der Waals surface area contributed by atoms with E-state index in [1.807, 2.05) is 30.3 Å². The predicted molar refractivity (Wildman–Crippen MR) is 79.1 cm³/mol. The first kappa shape index (κ1) is 13.1. The third kappa shape index (κ3) is 2.41. The van der Waals surface area contributed by atoms with E-state index in [4.69, 9.17) is 0 Å². The molecule has 3 aromatic rings. The van der Waals surface area contributed by atoms with Crippen LogP contribution < -0.4 is 5.56 Å². The van der Waals surface area contributed by atoms with E-state index in [1.54, 1.807) is 18.5 Å². The first-order valence-corrected chi connectivity index (χ1v) is 6.35. The fourth-order valence-electron chi connectivity index (χ4n) is 2.19. The average molecular weight is 280 g/mol. The number of rotatable bonds is 2. The fraction of sp³-hybridized carbons (Fsp3) is 0.0625. The van der Waals surface area contributed by atoms with Crippen LogP contribution in [0.3, 0.4) is 0 Å². The summed E-state index contributed by atoms with van der Waals surface area (Å²) >= 11 is 0. The number of carbonyl (C=O) groups is 1. The van der Waals surface area contributed by atoms with Crippen molar-refractivity contribution < 1.29 is 9.53 Å². The number of esters is 1. The van der Waals surface area contributed by atoms with Gasteiger partial charge in [-0.05, 0) is 46.8 Å². The molecule has 0 aliphatic carbocycles. The number of benzene rings is 1. The molecule has 2 heterocycles. The van der Waals surface area contributed by atoms with Gasteiger partial charge in [0, 0.05) is 17.9 Å². The maximum Gasteiger partial charge on any atom is 0.343 e. The molecule has 0 radical (unpaired) electrons. The van der Waals surface area contributed by atoms with Crippen molar-refractivity contribution >= 4 is 16.9 Å². The maximum atomic E-state index is 11.8. The molecule has 0 amide bonds. The molecule has 0 aliphatic heterocycles. The number of carbonyl (C=O) groups excluding carboxylic acids is 1. The number of nitrogens with zero attached hydrogens (tertiary/aromatic N) is 1. The zero-order valence-electron chi connectivity index (χ0n) is 11.3. The molecule has 0 saturated heterocycles.